The fourth-order valence-electron chi connectivity index (χ4n) is 0.844. The Morgan fingerprint density at radius 1 is 1.25 bits per heavy atom. The van der Waals surface area contributed by atoms with Gasteiger partial charge < -0.3 is 10.1 Å². The van der Waals surface area contributed by atoms with E-state index in [2.05, 4.69) is 14.8 Å². The van der Waals surface area contributed by atoms with Gasteiger partial charge in [-0.1, -0.05) is 0 Å². The van der Waals surface area contributed by atoms with Gasteiger partial charge in [0.25, 0.3) is 0 Å². The van der Waals surface area contributed by atoms with Gasteiger partial charge >= 0.3 is 5.97 Å². The molecule has 0 saturated carbocycles. The summed E-state index contributed by atoms with van der Waals surface area (Å²) in [6.45, 7) is 2.09. The number of sulfonamides is 1. The molecule has 0 aromatic rings. The third-order valence-electron chi connectivity index (χ3n) is 1.42. The van der Waals surface area contributed by atoms with Crippen LogP contribution in [0, 0.1) is 0 Å². The molecule has 0 fully saturated rings. The van der Waals surface area contributed by atoms with Crippen LogP contribution >= 0.6 is 0 Å². The third-order valence-corrected chi connectivity index (χ3v) is 2.15. The van der Waals surface area contributed by atoms with Gasteiger partial charge in [0, 0.05) is 13.1 Å². The van der Waals surface area contributed by atoms with Crippen molar-refractivity contribution in [2.45, 2.75) is 13.3 Å². The highest BCUT2D eigenvalue weighted by atomic mass is 32.2. The van der Waals surface area contributed by atoms with E-state index in [-0.39, 0.29) is 26.1 Å². The maximum absolute atomic E-state index is 11.1. The molecule has 0 aliphatic rings. The van der Waals surface area contributed by atoms with Crippen molar-refractivity contribution in [2.24, 2.45) is 0 Å². The Morgan fingerprint density at radius 2 is 1.88 bits per heavy atom. The zero-order chi connectivity index (χ0) is 12.6. The molecule has 94 valence electrons. The van der Waals surface area contributed by atoms with Crippen molar-refractivity contribution >= 4 is 21.9 Å². The molecule has 1 amide bonds. The van der Waals surface area contributed by atoms with Crippen LogP contribution in [0.25, 0.3) is 0 Å². The lowest BCUT2D eigenvalue weighted by molar-refractivity contribution is -0.145. The van der Waals surface area contributed by atoms with Gasteiger partial charge in [-0.25, -0.2) is 13.1 Å². The zero-order valence-electron chi connectivity index (χ0n) is 9.28. The van der Waals surface area contributed by atoms with E-state index in [1.165, 1.54) is 0 Å². The molecule has 7 nitrogen and oxygen atoms in total. The minimum atomic E-state index is -3.25. The van der Waals surface area contributed by atoms with Crippen molar-refractivity contribution < 1.29 is 22.7 Å². The predicted molar refractivity (Wildman–Crippen MR) is 57.1 cm³/mol. The van der Waals surface area contributed by atoms with Crippen LogP contribution < -0.4 is 10.0 Å². The van der Waals surface area contributed by atoms with E-state index in [0.717, 1.165) is 6.26 Å². The van der Waals surface area contributed by atoms with Crippen LogP contribution in [-0.2, 0) is 24.3 Å². The van der Waals surface area contributed by atoms with Gasteiger partial charge in [0.1, 0.15) is 6.42 Å². The molecule has 8 heteroatoms. The Hall–Kier alpha value is -1.15. The van der Waals surface area contributed by atoms with Crippen LogP contribution in [0.2, 0.25) is 0 Å². The largest absolute Gasteiger partial charge is 0.466 e. The maximum Gasteiger partial charge on any atom is 0.315 e. The summed E-state index contributed by atoms with van der Waals surface area (Å²) in [6, 6.07) is 0. The zero-order valence-corrected chi connectivity index (χ0v) is 10.1. The van der Waals surface area contributed by atoms with Crippen LogP contribution in [-0.4, -0.2) is 46.2 Å². The molecular formula is C8H16N2O5S. The fraction of sp³-hybridized carbons (Fsp3) is 0.750. The number of carbonyl (C=O) groups excluding carboxylic acids is 2. The monoisotopic (exact) mass is 252 g/mol. The molecule has 0 rings (SSSR count). The number of amides is 1. The molecule has 0 unspecified atom stereocenters. The average molecular weight is 252 g/mol. The van der Waals surface area contributed by atoms with Gasteiger partial charge in [-0.05, 0) is 6.92 Å². The van der Waals surface area contributed by atoms with Crippen molar-refractivity contribution in [3.8, 4) is 0 Å². The van der Waals surface area contributed by atoms with Crippen LogP contribution in [0.5, 0.6) is 0 Å². The van der Waals surface area contributed by atoms with Crippen molar-refractivity contribution in [3.05, 3.63) is 0 Å². The summed E-state index contributed by atoms with van der Waals surface area (Å²) in [5.74, 6) is -1.09. The quantitative estimate of drug-likeness (QED) is 0.330. The summed E-state index contributed by atoms with van der Waals surface area (Å²) in [5.41, 5.74) is 0. The number of hydrogen-bond acceptors (Lipinski definition) is 5. The number of esters is 1. The lowest BCUT2D eigenvalue weighted by atomic mass is 10.4. The molecule has 0 spiro atoms. The molecule has 0 saturated heterocycles. The second-order valence-corrected chi connectivity index (χ2v) is 4.83. The van der Waals surface area contributed by atoms with Gasteiger partial charge in [-0.15, -0.1) is 0 Å². The lowest BCUT2D eigenvalue weighted by Gasteiger charge is -2.05. The first-order chi connectivity index (χ1) is 7.35. The van der Waals surface area contributed by atoms with Gasteiger partial charge in [-0.3, -0.25) is 9.59 Å². The molecule has 16 heavy (non-hydrogen) atoms. The Morgan fingerprint density at radius 3 is 2.38 bits per heavy atom. The van der Waals surface area contributed by atoms with Crippen LogP contribution in [0.4, 0.5) is 0 Å². The van der Waals surface area contributed by atoms with E-state index >= 15 is 0 Å². The van der Waals surface area contributed by atoms with Crippen molar-refractivity contribution in [2.75, 3.05) is 26.0 Å². The normalized spacial score (nSPS) is 10.9. The number of nitrogens with one attached hydrogen (secondary N) is 2. The predicted octanol–water partition coefficient (Wildman–Crippen LogP) is -1.39. The van der Waals surface area contributed by atoms with E-state index in [0.29, 0.717) is 0 Å². The van der Waals surface area contributed by atoms with Crippen molar-refractivity contribution in [1.29, 1.82) is 0 Å². The van der Waals surface area contributed by atoms with E-state index < -0.39 is 21.9 Å². The Balaban J connectivity index is 3.63. The number of hydrogen-bond donors (Lipinski definition) is 2. The summed E-state index contributed by atoms with van der Waals surface area (Å²) < 4.78 is 28.0. The van der Waals surface area contributed by atoms with Crippen molar-refractivity contribution in [1.82, 2.24) is 10.0 Å². The van der Waals surface area contributed by atoms with E-state index in [1.54, 1.807) is 6.92 Å². The Kier molecular flexibility index (Phi) is 6.66. The lowest BCUT2D eigenvalue weighted by Crippen LogP contribution is -2.35. The summed E-state index contributed by atoms with van der Waals surface area (Å²) in [5, 5.41) is 2.38. The maximum atomic E-state index is 11.1. The molecule has 0 radical (unpaired) electrons. The fourth-order valence-corrected chi connectivity index (χ4v) is 1.32. The first kappa shape index (κ1) is 14.8. The van der Waals surface area contributed by atoms with E-state index in [4.69, 9.17) is 0 Å². The van der Waals surface area contributed by atoms with Crippen LogP contribution in [0.15, 0.2) is 0 Å². The second-order valence-electron chi connectivity index (χ2n) is 3.00. The topological polar surface area (TPSA) is 102 Å². The van der Waals surface area contributed by atoms with E-state index in [1.807, 2.05) is 0 Å². The van der Waals surface area contributed by atoms with Gasteiger partial charge in [0.2, 0.25) is 15.9 Å². The second kappa shape index (κ2) is 7.18. The minimum Gasteiger partial charge on any atom is -0.466 e. The highest BCUT2D eigenvalue weighted by Gasteiger charge is 2.09. The Labute approximate surface area is 94.6 Å². The molecule has 0 aliphatic heterocycles. The molecular weight excluding hydrogens is 236 g/mol. The van der Waals surface area contributed by atoms with Gasteiger partial charge in [-0.2, -0.15) is 0 Å². The van der Waals surface area contributed by atoms with E-state index in [9.17, 15) is 18.0 Å². The molecule has 0 aromatic heterocycles. The molecule has 0 aromatic carbocycles. The summed E-state index contributed by atoms with van der Waals surface area (Å²) >= 11 is 0. The van der Waals surface area contributed by atoms with Gasteiger partial charge in [0.15, 0.2) is 0 Å². The first-order valence-electron chi connectivity index (χ1n) is 4.72. The van der Waals surface area contributed by atoms with Crippen molar-refractivity contribution in [3.63, 3.8) is 0 Å². The van der Waals surface area contributed by atoms with Crippen LogP contribution in [0.3, 0.4) is 0 Å². The highest BCUT2D eigenvalue weighted by molar-refractivity contribution is 7.88. The molecule has 0 heterocycles. The standard InChI is InChI=1S/C8H16N2O5S/c1-3-15-8(12)6-7(11)9-4-5-10-16(2,13)14/h10H,3-6H2,1-2H3,(H,9,11). The first-order valence-corrected chi connectivity index (χ1v) is 6.61. The Bertz CT molecular complexity index is 338. The number of rotatable bonds is 7. The van der Waals surface area contributed by atoms with Gasteiger partial charge in [0.05, 0.1) is 12.9 Å². The summed E-state index contributed by atoms with van der Waals surface area (Å²) in [4.78, 5) is 21.9. The highest BCUT2D eigenvalue weighted by Crippen LogP contribution is 1.85. The molecule has 0 bridgehead atoms. The SMILES string of the molecule is CCOC(=O)CC(=O)NCCNS(C)(=O)=O. The number of carbonyl (C=O) groups is 2. The molecule has 0 aliphatic carbocycles. The minimum absolute atomic E-state index is 0.0907. The van der Waals surface area contributed by atoms with Crippen LogP contribution in [0.1, 0.15) is 13.3 Å². The average Bonchev–Trinajstić information content (AvgIpc) is 2.11. The number of ether oxygens (including phenoxy) is 1. The third kappa shape index (κ3) is 9.41. The smallest absolute Gasteiger partial charge is 0.315 e. The summed E-state index contributed by atoms with van der Waals surface area (Å²) in [6.07, 6.45) is 0.667. The molecule has 2 N–H and O–H groups in total. The molecule has 0 atom stereocenters. The summed E-state index contributed by atoms with van der Waals surface area (Å²) in [7, 11) is -3.25.